The second-order valence-corrected chi connectivity index (χ2v) is 6.24. The molecule has 0 unspecified atom stereocenters. The third kappa shape index (κ3) is 4.05. The van der Waals surface area contributed by atoms with Crippen molar-refractivity contribution in [1.82, 2.24) is 15.5 Å². The summed E-state index contributed by atoms with van der Waals surface area (Å²) in [6.07, 6.45) is 3.93. The Morgan fingerprint density at radius 1 is 0.850 bits per heavy atom. The zero-order valence-electron chi connectivity index (χ0n) is 12.4. The van der Waals surface area contributed by atoms with Gasteiger partial charge in [0.2, 0.25) is 0 Å². The molecular weight excluding hydrogens is 246 g/mol. The predicted molar refractivity (Wildman–Crippen MR) is 83.9 cm³/mol. The fourth-order valence-electron chi connectivity index (χ4n) is 3.33. The average molecular weight is 273 g/mol. The van der Waals surface area contributed by atoms with E-state index in [1.165, 1.54) is 56.6 Å². The molecule has 20 heavy (non-hydrogen) atoms. The molecule has 0 atom stereocenters. The van der Waals surface area contributed by atoms with Gasteiger partial charge < -0.3 is 10.6 Å². The minimum atomic E-state index is 0.885. The average Bonchev–Trinajstić information content (AvgIpc) is 2.51. The van der Waals surface area contributed by atoms with Crippen LogP contribution in [0.1, 0.15) is 24.0 Å². The highest BCUT2D eigenvalue weighted by molar-refractivity contribution is 5.23. The van der Waals surface area contributed by atoms with Crippen molar-refractivity contribution in [3.63, 3.8) is 0 Å². The number of nitrogens with zero attached hydrogens (tertiary/aromatic N) is 1. The van der Waals surface area contributed by atoms with Crippen LogP contribution in [0, 0.1) is 5.92 Å². The third-order valence-corrected chi connectivity index (χ3v) is 4.62. The Morgan fingerprint density at radius 2 is 1.45 bits per heavy atom. The van der Waals surface area contributed by atoms with Crippen molar-refractivity contribution in [2.24, 2.45) is 5.92 Å². The van der Waals surface area contributed by atoms with Crippen LogP contribution in [0.3, 0.4) is 0 Å². The highest BCUT2D eigenvalue weighted by Crippen LogP contribution is 2.18. The van der Waals surface area contributed by atoms with Gasteiger partial charge in [-0.05, 0) is 49.4 Å². The summed E-state index contributed by atoms with van der Waals surface area (Å²) < 4.78 is 0. The number of piperidine rings is 1. The SMILES string of the molecule is c1cc(CN2CCNCC2)ccc1CC1CCNCC1. The van der Waals surface area contributed by atoms with Crippen LogP contribution in [-0.4, -0.2) is 44.2 Å². The van der Waals surface area contributed by atoms with E-state index >= 15 is 0 Å². The lowest BCUT2D eigenvalue weighted by atomic mass is 9.91. The second kappa shape index (κ2) is 7.21. The molecule has 1 aromatic rings. The van der Waals surface area contributed by atoms with Gasteiger partial charge in [-0.25, -0.2) is 0 Å². The Labute approximate surface area is 122 Å². The third-order valence-electron chi connectivity index (χ3n) is 4.62. The maximum atomic E-state index is 3.44. The molecule has 3 rings (SSSR count). The molecule has 0 saturated carbocycles. The standard InChI is InChI=1S/C17H27N3/c1-3-17(14-20-11-9-19-10-12-20)4-2-15(1)13-16-5-7-18-8-6-16/h1-4,16,18-19H,5-14H2. The molecule has 0 radical (unpaired) electrons. The van der Waals surface area contributed by atoms with Gasteiger partial charge >= 0.3 is 0 Å². The molecule has 0 spiro atoms. The molecule has 2 aliphatic heterocycles. The van der Waals surface area contributed by atoms with Gasteiger partial charge in [0, 0.05) is 32.7 Å². The molecule has 3 heteroatoms. The molecule has 0 bridgehead atoms. The number of benzene rings is 1. The van der Waals surface area contributed by atoms with Gasteiger partial charge in [0.1, 0.15) is 0 Å². The zero-order chi connectivity index (χ0) is 13.6. The van der Waals surface area contributed by atoms with E-state index in [0.717, 1.165) is 25.6 Å². The number of rotatable bonds is 4. The molecule has 0 aliphatic carbocycles. The van der Waals surface area contributed by atoms with E-state index < -0.39 is 0 Å². The van der Waals surface area contributed by atoms with Gasteiger partial charge in [-0.2, -0.15) is 0 Å². The first kappa shape index (κ1) is 14.1. The number of nitrogens with one attached hydrogen (secondary N) is 2. The van der Waals surface area contributed by atoms with Crippen molar-refractivity contribution in [3.05, 3.63) is 35.4 Å². The monoisotopic (exact) mass is 273 g/mol. The van der Waals surface area contributed by atoms with Crippen molar-refractivity contribution >= 4 is 0 Å². The Hall–Kier alpha value is -0.900. The molecule has 2 saturated heterocycles. The lowest BCUT2D eigenvalue weighted by Gasteiger charge is -2.27. The van der Waals surface area contributed by atoms with E-state index in [9.17, 15) is 0 Å². The largest absolute Gasteiger partial charge is 0.317 e. The van der Waals surface area contributed by atoms with Crippen LogP contribution in [0.15, 0.2) is 24.3 Å². The minimum absolute atomic E-state index is 0.885. The molecule has 3 nitrogen and oxygen atoms in total. The van der Waals surface area contributed by atoms with Crippen molar-refractivity contribution in [2.45, 2.75) is 25.8 Å². The van der Waals surface area contributed by atoms with Gasteiger partial charge in [0.25, 0.3) is 0 Å². The van der Waals surface area contributed by atoms with Crippen molar-refractivity contribution < 1.29 is 0 Å². The van der Waals surface area contributed by atoms with Gasteiger partial charge in [0.15, 0.2) is 0 Å². The van der Waals surface area contributed by atoms with Crippen molar-refractivity contribution in [3.8, 4) is 0 Å². The van der Waals surface area contributed by atoms with E-state index in [0.29, 0.717) is 0 Å². The van der Waals surface area contributed by atoms with Crippen LogP contribution in [0.5, 0.6) is 0 Å². The lowest BCUT2D eigenvalue weighted by Crippen LogP contribution is -2.42. The Bertz CT molecular complexity index is 350. The molecule has 2 fully saturated rings. The quantitative estimate of drug-likeness (QED) is 0.873. The first-order chi connectivity index (χ1) is 9.90. The first-order valence-electron chi connectivity index (χ1n) is 8.12. The second-order valence-electron chi connectivity index (χ2n) is 6.24. The van der Waals surface area contributed by atoms with Crippen molar-refractivity contribution in [1.29, 1.82) is 0 Å². The molecule has 2 aliphatic rings. The summed E-state index contributed by atoms with van der Waals surface area (Å²) in [7, 11) is 0. The van der Waals surface area contributed by atoms with E-state index in [1.54, 1.807) is 0 Å². The smallest absolute Gasteiger partial charge is 0.0234 e. The molecule has 110 valence electrons. The van der Waals surface area contributed by atoms with E-state index in [1.807, 2.05) is 0 Å². The topological polar surface area (TPSA) is 27.3 Å². The minimum Gasteiger partial charge on any atom is -0.317 e. The fourth-order valence-corrected chi connectivity index (χ4v) is 3.33. The molecular formula is C17H27N3. The normalized spacial score (nSPS) is 22.0. The molecule has 1 aromatic carbocycles. The first-order valence-corrected chi connectivity index (χ1v) is 8.12. The summed E-state index contributed by atoms with van der Waals surface area (Å²) in [5, 5.41) is 6.85. The highest BCUT2D eigenvalue weighted by atomic mass is 15.2. The van der Waals surface area contributed by atoms with Crippen molar-refractivity contribution in [2.75, 3.05) is 39.3 Å². The summed E-state index contributed by atoms with van der Waals surface area (Å²) in [5.74, 6) is 0.885. The fraction of sp³-hybridized carbons (Fsp3) is 0.647. The molecule has 0 amide bonds. The van der Waals surface area contributed by atoms with E-state index in [4.69, 9.17) is 0 Å². The van der Waals surface area contributed by atoms with Crippen LogP contribution in [-0.2, 0) is 13.0 Å². The van der Waals surface area contributed by atoms with Crippen LogP contribution in [0.4, 0.5) is 0 Å². The van der Waals surface area contributed by atoms with Crippen LogP contribution >= 0.6 is 0 Å². The number of piperazine rings is 1. The summed E-state index contributed by atoms with van der Waals surface area (Å²) in [6, 6.07) is 9.36. The highest BCUT2D eigenvalue weighted by Gasteiger charge is 2.14. The van der Waals surface area contributed by atoms with Gasteiger partial charge in [-0.3, -0.25) is 4.90 Å². The summed E-state index contributed by atoms with van der Waals surface area (Å²) >= 11 is 0. The van der Waals surface area contributed by atoms with E-state index in [-0.39, 0.29) is 0 Å². The maximum absolute atomic E-state index is 3.44. The Kier molecular flexibility index (Phi) is 5.06. The van der Waals surface area contributed by atoms with Gasteiger partial charge in [-0.15, -0.1) is 0 Å². The van der Waals surface area contributed by atoms with Crippen LogP contribution in [0.2, 0.25) is 0 Å². The van der Waals surface area contributed by atoms with Crippen LogP contribution in [0.25, 0.3) is 0 Å². The number of hydrogen-bond acceptors (Lipinski definition) is 3. The zero-order valence-corrected chi connectivity index (χ0v) is 12.4. The van der Waals surface area contributed by atoms with E-state index in [2.05, 4.69) is 39.8 Å². The maximum Gasteiger partial charge on any atom is 0.0234 e. The lowest BCUT2D eigenvalue weighted by molar-refractivity contribution is 0.233. The molecule has 0 aromatic heterocycles. The predicted octanol–water partition coefficient (Wildman–Crippen LogP) is 1.63. The van der Waals surface area contributed by atoms with Gasteiger partial charge in [-0.1, -0.05) is 24.3 Å². The van der Waals surface area contributed by atoms with Crippen LogP contribution < -0.4 is 10.6 Å². The molecule has 2 heterocycles. The van der Waals surface area contributed by atoms with Gasteiger partial charge in [0.05, 0.1) is 0 Å². The summed E-state index contributed by atoms with van der Waals surface area (Å²) in [6.45, 7) is 8.13. The summed E-state index contributed by atoms with van der Waals surface area (Å²) in [5.41, 5.74) is 2.97. The Balaban J connectivity index is 1.51. The summed E-state index contributed by atoms with van der Waals surface area (Å²) in [4.78, 5) is 2.54. The Morgan fingerprint density at radius 3 is 2.15 bits per heavy atom. The molecule has 2 N–H and O–H groups in total. The number of hydrogen-bond donors (Lipinski definition) is 2.